The highest BCUT2D eigenvalue weighted by molar-refractivity contribution is 5.90. The molecule has 108 valence electrons. The fourth-order valence-electron chi connectivity index (χ4n) is 2.11. The molecule has 0 bridgehead atoms. The number of nitrogens with zero attached hydrogens (tertiary/aromatic N) is 2. The van der Waals surface area contributed by atoms with Gasteiger partial charge in [0.15, 0.2) is 5.69 Å². The van der Waals surface area contributed by atoms with Crippen molar-refractivity contribution in [3.63, 3.8) is 0 Å². The zero-order chi connectivity index (χ0) is 15.4. The number of H-pyrrole nitrogens is 1. The molecule has 1 heterocycles. The lowest BCUT2D eigenvalue weighted by Gasteiger charge is -2.01. The van der Waals surface area contributed by atoms with E-state index in [1.165, 1.54) is 0 Å². The summed E-state index contributed by atoms with van der Waals surface area (Å²) in [5, 5.41) is 18.7. The molecule has 0 unspecified atom stereocenters. The van der Waals surface area contributed by atoms with Crippen LogP contribution in [0.25, 0.3) is 23.3 Å². The van der Waals surface area contributed by atoms with E-state index >= 15 is 0 Å². The van der Waals surface area contributed by atoms with Crippen LogP contribution in [0.2, 0.25) is 0 Å². The summed E-state index contributed by atoms with van der Waals surface area (Å²) in [6, 6.07) is 18.1. The summed E-state index contributed by atoms with van der Waals surface area (Å²) < 4.78 is 0. The van der Waals surface area contributed by atoms with Gasteiger partial charge in [-0.05, 0) is 22.8 Å². The van der Waals surface area contributed by atoms with Gasteiger partial charge in [0.1, 0.15) is 5.69 Å². The minimum atomic E-state index is -1.10. The lowest BCUT2D eigenvalue weighted by atomic mass is 10.0. The molecule has 3 rings (SSSR count). The standard InChI is InChI=1S/C17H13N3O2/c21-17(22)16-15(18-20-19-16)11-8-12-6-9-14(10-7-12)13-4-2-1-3-5-13/h1-11H,(H,21,22)(H,18,19,20)/b11-8+. The topological polar surface area (TPSA) is 78.9 Å². The molecule has 2 aromatic carbocycles. The molecule has 0 saturated carbocycles. The van der Waals surface area contributed by atoms with E-state index in [4.69, 9.17) is 5.11 Å². The van der Waals surface area contributed by atoms with Gasteiger partial charge < -0.3 is 5.11 Å². The third kappa shape index (κ3) is 2.93. The monoisotopic (exact) mass is 291 g/mol. The number of hydrogen-bond donors (Lipinski definition) is 2. The molecule has 1 aromatic heterocycles. The molecular weight excluding hydrogens is 278 g/mol. The molecule has 0 aliphatic rings. The van der Waals surface area contributed by atoms with Gasteiger partial charge in [0.05, 0.1) is 0 Å². The van der Waals surface area contributed by atoms with Crippen molar-refractivity contribution in [1.82, 2.24) is 15.4 Å². The normalized spacial score (nSPS) is 10.9. The van der Waals surface area contributed by atoms with Crippen LogP contribution in [0.4, 0.5) is 0 Å². The van der Waals surface area contributed by atoms with Crippen molar-refractivity contribution in [1.29, 1.82) is 0 Å². The number of aromatic carboxylic acids is 1. The van der Waals surface area contributed by atoms with E-state index in [-0.39, 0.29) is 5.69 Å². The van der Waals surface area contributed by atoms with Crippen LogP contribution in [-0.2, 0) is 0 Å². The lowest BCUT2D eigenvalue weighted by molar-refractivity contribution is 0.0690. The first-order valence-electron chi connectivity index (χ1n) is 6.71. The summed E-state index contributed by atoms with van der Waals surface area (Å²) in [5.41, 5.74) is 3.46. The molecule has 3 aromatic rings. The third-order valence-corrected chi connectivity index (χ3v) is 3.23. The number of carboxylic acids is 1. The van der Waals surface area contributed by atoms with Crippen molar-refractivity contribution in [2.45, 2.75) is 0 Å². The average molecular weight is 291 g/mol. The van der Waals surface area contributed by atoms with Crippen molar-refractivity contribution in [2.75, 3.05) is 0 Å². The number of nitrogens with one attached hydrogen (secondary N) is 1. The van der Waals surface area contributed by atoms with Crippen LogP contribution in [0.1, 0.15) is 21.7 Å². The molecule has 0 aliphatic carbocycles. The lowest BCUT2D eigenvalue weighted by Crippen LogP contribution is -1.98. The van der Waals surface area contributed by atoms with Crippen molar-refractivity contribution >= 4 is 18.1 Å². The van der Waals surface area contributed by atoms with Crippen LogP contribution in [0.5, 0.6) is 0 Å². The number of rotatable bonds is 4. The number of aromatic amines is 1. The maximum Gasteiger partial charge on any atom is 0.358 e. The highest BCUT2D eigenvalue weighted by Crippen LogP contribution is 2.20. The van der Waals surface area contributed by atoms with Crippen molar-refractivity contribution in [2.24, 2.45) is 0 Å². The smallest absolute Gasteiger partial charge is 0.358 e. The first-order valence-corrected chi connectivity index (χ1v) is 6.71. The number of aromatic nitrogens is 3. The van der Waals surface area contributed by atoms with Gasteiger partial charge in [0.25, 0.3) is 0 Å². The number of carboxylic acid groups (broad SMARTS) is 1. The van der Waals surface area contributed by atoms with Crippen LogP contribution < -0.4 is 0 Å². The van der Waals surface area contributed by atoms with Crippen LogP contribution in [-0.4, -0.2) is 26.5 Å². The third-order valence-electron chi connectivity index (χ3n) is 3.23. The fraction of sp³-hybridized carbons (Fsp3) is 0. The summed E-state index contributed by atoms with van der Waals surface area (Å²) in [4.78, 5) is 10.9. The zero-order valence-electron chi connectivity index (χ0n) is 11.6. The van der Waals surface area contributed by atoms with Gasteiger partial charge in [-0.25, -0.2) is 4.79 Å². The SMILES string of the molecule is O=C(O)c1n[nH]nc1/C=C/c1ccc(-c2ccccc2)cc1. The van der Waals surface area contributed by atoms with Crippen LogP contribution in [0.15, 0.2) is 54.6 Å². The largest absolute Gasteiger partial charge is 0.476 e. The van der Waals surface area contributed by atoms with Crippen LogP contribution >= 0.6 is 0 Å². The number of hydrogen-bond acceptors (Lipinski definition) is 3. The van der Waals surface area contributed by atoms with E-state index in [2.05, 4.69) is 27.5 Å². The second-order valence-corrected chi connectivity index (χ2v) is 4.68. The van der Waals surface area contributed by atoms with Crippen LogP contribution in [0, 0.1) is 0 Å². The van der Waals surface area contributed by atoms with Crippen molar-refractivity contribution in [3.8, 4) is 11.1 Å². The first-order chi connectivity index (χ1) is 10.7. The quantitative estimate of drug-likeness (QED) is 0.772. The zero-order valence-corrected chi connectivity index (χ0v) is 11.6. The van der Waals surface area contributed by atoms with Crippen molar-refractivity contribution in [3.05, 3.63) is 71.5 Å². The van der Waals surface area contributed by atoms with Gasteiger partial charge in [-0.3, -0.25) is 0 Å². The molecule has 0 spiro atoms. The van der Waals surface area contributed by atoms with Gasteiger partial charge in [-0.1, -0.05) is 60.7 Å². The van der Waals surface area contributed by atoms with E-state index < -0.39 is 5.97 Å². The Hall–Kier alpha value is -3.21. The molecule has 2 N–H and O–H groups in total. The molecule has 5 heteroatoms. The van der Waals surface area contributed by atoms with E-state index in [1.54, 1.807) is 12.2 Å². The summed E-state index contributed by atoms with van der Waals surface area (Å²) in [5.74, 6) is -1.10. The van der Waals surface area contributed by atoms with Gasteiger partial charge in [-0.15, -0.1) is 5.10 Å². The Kier molecular flexibility index (Phi) is 3.78. The second kappa shape index (κ2) is 6.05. The summed E-state index contributed by atoms with van der Waals surface area (Å²) >= 11 is 0. The minimum absolute atomic E-state index is 0.0860. The van der Waals surface area contributed by atoms with Gasteiger partial charge in [0, 0.05) is 0 Å². The van der Waals surface area contributed by atoms with E-state index in [0.717, 1.165) is 16.7 Å². The summed E-state index contributed by atoms with van der Waals surface area (Å²) in [7, 11) is 0. The second-order valence-electron chi connectivity index (χ2n) is 4.68. The van der Waals surface area contributed by atoms with E-state index in [1.807, 2.05) is 42.5 Å². The summed E-state index contributed by atoms with van der Waals surface area (Å²) in [6.45, 7) is 0. The minimum Gasteiger partial charge on any atom is -0.476 e. The molecule has 0 saturated heterocycles. The molecule has 0 fully saturated rings. The Bertz CT molecular complexity index is 805. The molecule has 0 aliphatic heterocycles. The van der Waals surface area contributed by atoms with Crippen molar-refractivity contribution < 1.29 is 9.90 Å². The number of benzene rings is 2. The Morgan fingerprint density at radius 1 is 0.909 bits per heavy atom. The number of carbonyl (C=O) groups is 1. The molecular formula is C17H13N3O2. The molecule has 0 amide bonds. The summed E-state index contributed by atoms with van der Waals surface area (Å²) in [6.07, 6.45) is 3.43. The first kappa shape index (κ1) is 13.8. The van der Waals surface area contributed by atoms with Gasteiger partial charge in [-0.2, -0.15) is 10.3 Å². The highest BCUT2D eigenvalue weighted by Gasteiger charge is 2.12. The predicted octanol–water partition coefficient (Wildman–Crippen LogP) is 3.34. The average Bonchev–Trinajstić information content (AvgIpc) is 3.03. The van der Waals surface area contributed by atoms with E-state index in [0.29, 0.717) is 5.69 Å². The highest BCUT2D eigenvalue weighted by atomic mass is 16.4. The maximum atomic E-state index is 10.9. The Morgan fingerprint density at radius 2 is 1.59 bits per heavy atom. The predicted molar refractivity (Wildman–Crippen MR) is 84.1 cm³/mol. The van der Waals surface area contributed by atoms with Gasteiger partial charge >= 0.3 is 5.97 Å². The van der Waals surface area contributed by atoms with Crippen LogP contribution in [0.3, 0.4) is 0 Å². The molecule has 0 atom stereocenters. The van der Waals surface area contributed by atoms with Gasteiger partial charge in [0.2, 0.25) is 0 Å². The Balaban J connectivity index is 1.80. The van der Waals surface area contributed by atoms with E-state index in [9.17, 15) is 4.79 Å². The Labute approximate surface area is 126 Å². The Morgan fingerprint density at radius 3 is 2.27 bits per heavy atom. The molecule has 5 nitrogen and oxygen atoms in total. The maximum absolute atomic E-state index is 10.9. The molecule has 22 heavy (non-hydrogen) atoms. The molecule has 0 radical (unpaired) electrons. The fourth-order valence-corrected chi connectivity index (χ4v) is 2.11.